The molecule has 1 aliphatic rings. The number of hydrogen-bond donors (Lipinski definition) is 3. The molecule has 0 saturated heterocycles. The molecule has 1 heterocycles. The minimum atomic E-state index is -4.26. The maximum atomic E-state index is 12.9. The summed E-state index contributed by atoms with van der Waals surface area (Å²) in [7, 11) is 0. The van der Waals surface area contributed by atoms with Gasteiger partial charge in [0.05, 0.1) is 21.9 Å². The number of nitrogens with zero attached hydrogens (tertiary/aromatic N) is 1. The number of hydrogen-bond acceptors (Lipinski definition) is 3. The number of halogens is 4. The minimum absolute atomic E-state index is 0.201. The Bertz CT molecular complexity index is 770. The van der Waals surface area contributed by atoms with Crippen LogP contribution in [0.2, 0.25) is 0 Å². The number of nitrogens with one attached hydrogen (secondary N) is 1. The van der Waals surface area contributed by atoms with Crippen LogP contribution in [0.4, 0.5) is 18.9 Å². The fourth-order valence-corrected chi connectivity index (χ4v) is 4.68. The van der Waals surface area contributed by atoms with Crippen LogP contribution in [-0.4, -0.2) is 39.7 Å². The van der Waals surface area contributed by atoms with Crippen LogP contribution in [-0.2, 0) is 6.54 Å². The van der Waals surface area contributed by atoms with Crippen molar-refractivity contribution in [1.29, 1.82) is 0 Å². The number of rotatable bonds is 6. The van der Waals surface area contributed by atoms with E-state index in [4.69, 9.17) is 5.11 Å². The van der Waals surface area contributed by atoms with E-state index in [-0.39, 0.29) is 12.6 Å². The average Bonchev–Trinajstić information content (AvgIpc) is 2.92. The predicted octanol–water partition coefficient (Wildman–Crippen LogP) is 4.52. The lowest BCUT2D eigenvalue weighted by Gasteiger charge is -2.30. The molecule has 1 fully saturated rings. The molecule has 0 amide bonds. The molecule has 8 heteroatoms. The quantitative estimate of drug-likeness (QED) is 0.516. The predicted molar refractivity (Wildman–Crippen MR) is 108 cm³/mol. The van der Waals surface area contributed by atoms with Gasteiger partial charge in [-0.1, -0.05) is 6.07 Å². The van der Waals surface area contributed by atoms with Gasteiger partial charge < -0.3 is 20.1 Å². The molecule has 4 nitrogen and oxygen atoms in total. The van der Waals surface area contributed by atoms with Crippen molar-refractivity contribution in [3.8, 4) is 0 Å². The Morgan fingerprint density at radius 3 is 2.56 bits per heavy atom. The highest BCUT2D eigenvalue weighted by atomic mass is 127. The van der Waals surface area contributed by atoms with E-state index in [0.29, 0.717) is 21.6 Å². The lowest BCUT2D eigenvalue weighted by atomic mass is 9.83. The van der Waals surface area contributed by atoms with Gasteiger partial charge in [-0.2, -0.15) is 13.2 Å². The summed E-state index contributed by atoms with van der Waals surface area (Å²) in [5.74, 6) is 0.412. The lowest BCUT2D eigenvalue weighted by Crippen LogP contribution is -2.28. The molecule has 0 spiro atoms. The van der Waals surface area contributed by atoms with E-state index in [2.05, 4.69) is 5.32 Å². The van der Waals surface area contributed by atoms with Gasteiger partial charge >= 0.3 is 6.18 Å². The Morgan fingerprint density at radius 1 is 1.22 bits per heavy atom. The van der Waals surface area contributed by atoms with Gasteiger partial charge in [-0.15, -0.1) is 0 Å². The molecule has 2 aromatic rings. The van der Waals surface area contributed by atoms with Crippen molar-refractivity contribution in [3.05, 3.63) is 28.0 Å². The summed E-state index contributed by atoms with van der Waals surface area (Å²) < 4.78 is 40.5. The SMILES string of the molecule is OCC(O)CC1CCC(Nc2cccc3c2cc(I)n3CC(F)(F)F)CC1. The van der Waals surface area contributed by atoms with Crippen molar-refractivity contribution in [3.63, 3.8) is 0 Å². The molecular formula is C19H24F3IN2O2. The molecule has 27 heavy (non-hydrogen) atoms. The highest BCUT2D eigenvalue weighted by molar-refractivity contribution is 14.1. The molecule has 1 unspecified atom stereocenters. The fourth-order valence-electron chi connectivity index (χ4n) is 3.94. The molecule has 1 aromatic heterocycles. The van der Waals surface area contributed by atoms with Gasteiger partial charge in [0.15, 0.2) is 0 Å². The normalized spacial score (nSPS) is 22.1. The first-order chi connectivity index (χ1) is 12.8. The van der Waals surface area contributed by atoms with Gasteiger partial charge in [-0.3, -0.25) is 0 Å². The Balaban J connectivity index is 1.70. The number of anilines is 1. The van der Waals surface area contributed by atoms with Crippen LogP contribution >= 0.6 is 22.6 Å². The molecule has 1 saturated carbocycles. The summed E-state index contributed by atoms with van der Waals surface area (Å²) in [6, 6.07) is 7.49. The summed E-state index contributed by atoms with van der Waals surface area (Å²) in [5, 5.41) is 22.9. The van der Waals surface area contributed by atoms with E-state index >= 15 is 0 Å². The highest BCUT2D eigenvalue weighted by Crippen LogP contribution is 2.34. The number of fused-ring (bicyclic) bond motifs is 1. The third-order valence-corrected chi connectivity index (χ3v) is 6.15. The maximum Gasteiger partial charge on any atom is 0.406 e. The van der Waals surface area contributed by atoms with Crippen molar-refractivity contribution in [2.75, 3.05) is 11.9 Å². The summed E-state index contributed by atoms with van der Waals surface area (Å²) >= 11 is 1.95. The summed E-state index contributed by atoms with van der Waals surface area (Å²) in [6.45, 7) is -1.19. The van der Waals surface area contributed by atoms with Crippen molar-refractivity contribution in [2.45, 2.75) is 57.0 Å². The number of aromatic nitrogens is 1. The van der Waals surface area contributed by atoms with Gasteiger partial charge in [-0.25, -0.2) is 0 Å². The number of aliphatic hydroxyl groups is 2. The third-order valence-electron chi connectivity index (χ3n) is 5.26. The standard InChI is InChI=1S/C19H24F3IN2O2/c20-19(21,22)11-25-17-3-1-2-16(15(17)9-18(25)23)24-13-6-4-12(5-7-13)8-14(27)10-26/h1-3,9,12-14,24,26-27H,4-8,10-11H2. The van der Waals surface area contributed by atoms with E-state index in [0.717, 1.165) is 36.8 Å². The second-order valence-corrected chi connectivity index (χ2v) is 8.45. The summed E-state index contributed by atoms with van der Waals surface area (Å²) in [6.07, 6.45) is -0.457. The molecule has 0 radical (unpaired) electrons. The molecule has 1 aliphatic carbocycles. The van der Waals surface area contributed by atoms with E-state index < -0.39 is 18.8 Å². The second-order valence-electron chi connectivity index (χ2n) is 7.34. The van der Waals surface area contributed by atoms with Crippen molar-refractivity contribution in [1.82, 2.24) is 4.57 Å². The molecule has 0 aliphatic heterocycles. The van der Waals surface area contributed by atoms with Crippen LogP contribution in [0.3, 0.4) is 0 Å². The van der Waals surface area contributed by atoms with Crippen LogP contribution in [0.5, 0.6) is 0 Å². The van der Waals surface area contributed by atoms with Gasteiger partial charge in [-0.05, 0) is 78.8 Å². The fraction of sp³-hybridized carbons (Fsp3) is 0.579. The van der Waals surface area contributed by atoms with Crippen LogP contribution in [0, 0.1) is 9.62 Å². The Morgan fingerprint density at radius 2 is 1.93 bits per heavy atom. The number of alkyl halides is 3. The topological polar surface area (TPSA) is 57.4 Å². The third kappa shape index (κ3) is 5.29. The van der Waals surface area contributed by atoms with Gasteiger partial charge in [0.25, 0.3) is 0 Å². The zero-order chi connectivity index (χ0) is 19.6. The lowest BCUT2D eigenvalue weighted by molar-refractivity contribution is -0.140. The van der Waals surface area contributed by atoms with Crippen molar-refractivity contribution in [2.24, 2.45) is 5.92 Å². The van der Waals surface area contributed by atoms with E-state index in [1.54, 1.807) is 18.2 Å². The van der Waals surface area contributed by atoms with E-state index in [1.165, 1.54) is 4.57 Å². The largest absolute Gasteiger partial charge is 0.406 e. The molecule has 3 rings (SSSR count). The van der Waals surface area contributed by atoms with E-state index in [9.17, 15) is 18.3 Å². The summed E-state index contributed by atoms with van der Waals surface area (Å²) in [4.78, 5) is 0. The van der Waals surface area contributed by atoms with Crippen LogP contribution in [0.15, 0.2) is 24.3 Å². The Labute approximate surface area is 169 Å². The van der Waals surface area contributed by atoms with Crippen molar-refractivity contribution < 1.29 is 23.4 Å². The maximum absolute atomic E-state index is 12.9. The first-order valence-corrected chi connectivity index (χ1v) is 10.2. The molecule has 0 bridgehead atoms. The van der Waals surface area contributed by atoms with Gasteiger partial charge in [0, 0.05) is 17.1 Å². The number of benzene rings is 1. The van der Waals surface area contributed by atoms with Gasteiger partial charge in [0.2, 0.25) is 0 Å². The second kappa shape index (κ2) is 8.57. The first-order valence-electron chi connectivity index (χ1n) is 9.17. The summed E-state index contributed by atoms with van der Waals surface area (Å²) in [5.41, 5.74) is 1.45. The van der Waals surface area contributed by atoms with Crippen LogP contribution in [0.1, 0.15) is 32.1 Å². The molecule has 1 aromatic carbocycles. The minimum Gasteiger partial charge on any atom is -0.394 e. The zero-order valence-corrected chi connectivity index (χ0v) is 17.0. The zero-order valence-electron chi connectivity index (χ0n) is 14.8. The highest BCUT2D eigenvalue weighted by Gasteiger charge is 2.30. The first kappa shape index (κ1) is 20.7. The number of aliphatic hydroxyl groups excluding tert-OH is 2. The van der Waals surface area contributed by atoms with E-state index in [1.807, 2.05) is 28.7 Å². The smallest absolute Gasteiger partial charge is 0.394 e. The molecule has 150 valence electrons. The molecular weight excluding hydrogens is 472 g/mol. The average molecular weight is 496 g/mol. The van der Waals surface area contributed by atoms with Crippen LogP contribution in [0.25, 0.3) is 10.9 Å². The van der Waals surface area contributed by atoms with Crippen molar-refractivity contribution >= 4 is 39.2 Å². The Hall–Kier alpha value is -1.00. The Kier molecular flexibility index (Phi) is 6.58. The molecule has 3 N–H and O–H groups in total. The molecule has 1 atom stereocenters. The van der Waals surface area contributed by atoms with Gasteiger partial charge in [0.1, 0.15) is 6.54 Å². The monoisotopic (exact) mass is 496 g/mol. The van der Waals surface area contributed by atoms with Crippen LogP contribution < -0.4 is 5.32 Å².